The molecule has 0 unspecified atom stereocenters. The van der Waals surface area contributed by atoms with Gasteiger partial charge in [-0.3, -0.25) is 0 Å². The normalized spacial score (nSPS) is 13.1. The Morgan fingerprint density at radius 3 is 0.842 bits per heavy atom. The summed E-state index contributed by atoms with van der Waals surface area (Å²) in [4.78, 5) is 5.04. The Kier molecular flexibility index (Phi) is 16.8. The predicted octanol–water partition coefficient (Wildman–Crippen LogP) is 29.4. The van der Waals surface area contributed by atoms with Gasteiger partial charge >= 0.3 is 0 Å². The number of hydrogen-bond acceptors (Lipinski definition) is 2. The molecule has 4 nitrogen and oxygen atoms in total. The van der Waals surface area contributed by atoms with Gasteiger partial charge in [0, 0.05) is 82.0 Å². The third-order valence-corrected chi connectivity index (χ3v) is 25.2. The molecule has 19 aromatic rings. The highest BCUT2D eigenvalue weighted by Gasteiger charge is 2.46. The SMILES string of the molecule is [2H]C([2H])([2H])c1cc2c3c(c1)N(c1c(-c4ccccc4)cc(C(C)(C)C)cc1-c1cccc(-c4cccc(-c5ccccc5)c4)c1)c1cc(-n4c5ccc(C)cc5c5cc(C)ccc54)ccc1B3c1ccc(-n3c4ccc(C)cc4c4cc(C)ccc43)cc1N2c1c(-c2ccccc2)cc(C(C)(C)C)cc1-c1cccc(-c2cccc(-c3ccccc3)c2)c1. The van der Waals surface area contributed by atoms with E-state index in [4.69, 9.17) is 0 Å². The maximum Gasteiger partial charge on any atom is 0.252 e. The second-order valence-corrected chi connectivity index (χ2v) is 35.4. The fraction of sp³-hybridized carbons (Fsp3) is 0.113. The average Bonchev–Trinajstić information content (AvgIpc) is 0.723. The average molecular weight is 1540 g/mol. The van der Waals surface area contributed by atoms with Gasteiger partial charge in [0.15, 0.2) is 0 Å². The zero-order chi connectivity index (χ0) is 84.1. The Balaban J connectivity index is 0.924. The molecule has 17 aromatic carbocycles. The molecular formula is C115H93BN4. The van der Waals surface area contributed by atoms with Crippen LogP contribution in [0.25, 0.3) is 144 Å². The van der Waals surface area contributed by atoms with Crippen LogP contribution in [0.15, 0.2) is 364 Å². The van der Waals surface area contributed by atoms with Crippen LogP contribution in [0.2, 0.25) is 0 Å². The Morgan fingerprint density at radius 1 is 0.242 bits per heavy atom. The number of rotatable bonds is 12. The Morgan fingerprint density at radius 2 is 0.525 bits per heavy atom. The second kappa shape index (κ2) is 28.7. The van der Waals surface area contributed by atoms with Gasteiger partial charge in [-0.05, 0) is 279 Å². The molecule has 5 heteroatoms. The summed E-state index contributed by atoms with van der Waals surface area (Å²) in [6.07, 6.45) is 0. The fourth-order valence-electron chi connectivity index (χ4n) is 19.3. The summed E-state index contributed by atoms with van der Waals surface area (Å²) in [6.45, 7) is 19.5. The number of benzene rings is 17. The molecule has 0 amide bonds. The number of anilines is 6. The molecule has 21 rings (SSSR count). The van der Waals surface area contributed by atoms with Crippen LogP contribution < -0.4 is 26.2 Å². The quantitative estimate of drug-likeness (QED) is 0.113. The summed E-state index contributed by atoms with van der Waals surface area (Å²) in [5, 5.41) is 4.72. The molecule has 576 valence electrons. The van der Waals surface area contributed by atoms with Crippen molar-refractivity contribution in [1.29, 1.82) is 0 Å². The van der Waals surface area contributed by atoms with Crippen LogP contribution in [0.5, 0.6) is 0 Å². The first-order valence-corrected chi connectivity index (χ1v) is 42.1. The minimum absolute atomic E-state index is 0.217. The minimum atomic E-state index is -2.64. The van der Waals surface area contributed by atoms with Gasteiger partial charge in [-0.2, -0.15) is 0 Å². The molecule has 0 atom stereocenters. The zero-order valence-corrected chi connectivity index (χ0v) is 69.5. The van der Waals surface area contributed by atoms with E-state index in [0.29, 0.717) is 0 Å². The van der Waals surface area contributed by atoms with Gasteiger partial charge in [0.2, 0.25) is 0 Å². The van der Waals surface area contributed by atoms with E-state index < -0.39 is 13.6 Å². The van der Waals surface area contributed by atoms with Gasteiger partial charge in [-0.15, -0.1) is 0 Å². The van der Waals surface area contributed by atoms with E-state index in [1.165, 1.54) is 43.8 Å². The van der Waals surface area contributed by atoms with Crippen LogP contribution in [-0.4, -0.2) is 15.8 Å². The largest absolute Gasteiger partial charge is 0.310 e. The van der Waals surface area contributed by atoms with Crippen molar-refractivity contribution < 1.29 is 4.11 Å². The molecule has 0 N–H and O–H groups in total. The number of fused-ring (bicyclic) bond motifs is 10. The molecule has 120 heavy (non-hydrogen) atoms. The highest BCUT2D eigenvalue weighted by atomic mass is 15.2. The summed E-state index contributed by atoms with van der Waals surface area (Å²) in [6, 6.07) is 135. The molecule has 0 bridgehead atoms. The van der Waals surface area contributed by atoms with E-state index in [-0.39, 0.29) is 16.4 Å². The number of hydrogen-bond donors (Lipinski definition) is 0. The lowest BCUT2D eigenvalue weighted by atomic mass is 9.33. The summed E-state index contributed by atoms with van der Waals surface area (Å²) in [7, 11) is 0. The summed E-state index contributed by atoms with van der Waals surface area (Å²) in [5.74, 6) is 0. The first kappa shape index (κ1) is 70.2. The van der Waals surface area contributed by atoms with Crippen molar-refractivity contribution in [3.05, 3.63) is 403 Å². The van der Waals surface area contributed by atoms with Crippen LogP contribution in [0.1, 0.15) is 84.6 Å². The number of nitrogens with zero attached hydrogens (tertiary/aromatic N) is 4. The van der Waals surface area contributed by atoms with Gasteiger partial charge in [0.25, 0.3) is 6.71 Å². The van der Waals surface area contributed by atoms with Crippen molar-refractivity contribution in [2.45, 2.75) is 86.9 Å². The molecule has 0 saturated heterocycles. The van der Waals surface area contributed by atoms with Gasteiger partial charge in [0.1, 0.15) is 0 Å². The molecule has 2 aliphatic heterocycles. The Labute approximate surface area is 709 Å². The predicted molar refractivity (Wildman–Crippen MR) is 514 cm³/mol. The van der Waals surface area contributed by atoms with Crippen molar-refractivity contribution in [1.82, 2.24) is 9.13 Å². The van der Waals surface area contributed by atoms with Crippen LogP contribution in [0.4, 0.5) is 34.1 Å². The van der Waals surface area contributed by atoms with Crippen molar-refractivity contribution in [3.63, 3.8) is 0 Å². The van der Waals surface area contributed by atoms with Crippen LogP contribution in [0.3, 0.4) is 0 Å². The van der Waals surface area contributed by atoms with E-state index in [1.54, 1.807) is 0 Å². The highest BCUT2D eigenvalue weighted by molar-refractivity contribution is 7.00. The first-order valence-electron chi connectivity index (χ1n) is 43.6. The minimum Gasteiger partial charge on any atom is -0.310 e. The molecule has 0 aliphatic carbocycles. The van der Waals surface area contributed by atoms with Crippen molar-refractivity contribution >= 4 is 101 Å². The third-order valence-electron chi connectivity index (χ3n) is 25.2. The molecule has 2 aliphatic rings. The third kappa shape index (κ3) is 12.6. The maximum atomic E-state index is 10.2. The molecule has 4 heterocycles. The monoisotopic (exact) mass is 1540 g/mol. The van der Waals surface area contributed by atoms with Crippen molar-refractivity contribution in [2.24, 2.45) is 0 Å². The fourth-order valence-corrected chi connectivity index (χ4v) is 19.3. The van der Waals surface area contributed by atoms with Gasteiger partial charge in [-0.1, -0.05) is 294 Å². The number of aryl methyl sites for hydroxylation is 5. The molecule has 0 spiro atoms. The van der Waals surface area contributed by atoms with E-state index in [2.05, 4.69) is 452 Å². The van der Waals surface area contributed by atoms with Gasteiger partial charge < -0.3 is 18.9 Å². The van der Waals surface area contributed by atoms with Gasteiger partial charge in [-0.25, -0.2) is 0 Å². The smallest absolute Gasteiger partial charge is 0.252 e. The van der Waals surface area contributed by atoms with E-state index >= 15 is 0 Å². The molecule has 0 radical (unpaired) electrons. The first-order chi connectivity index (χ1) is 59.5. The zero-order valence-electron chi connectivity index (χ0n) is 72.5. The number of aromatic nitrogens is 2. The molecule has 2 aromatic heterocycles. The lowest BCUT2D eigenvalue weighted by Crippen LogP contribution is -2.61. The Bertz CT molecular complexity index is 6930. The summed E-state index contributed by atoms with van der Waals surface area (Å²) < 4.78 is 35.6. The second-order valence-electron chi connectivity index (χ2n) is 35.4. The molecule has 0 fully saturated rings. The van der Waals surface area contributed by atoms with E-state index in [0.717, 1.165) is 184 Å². The van der Waals surface area contributed by atoms with Crippen molar-refractivity contribution in [2.75, 3.05) is 9.80 Å². The summed E-state index contributed by atoms with van der Waals surface area (Å²) in [5.41, 5.74) is 38.4. The van der Waals surface area contributed by atoms with Crippen LogP contribution in [0, 0.1) is 34.5 Å². The van der Waals surface area contributed by atoms with Gasteiger partial charge in [0.05, 0.1) is 33.4 Å². The molecule has 0 saturated carbocycles. The van der Waals surface area contributed by atoms with E-state index in [9.17, 15) is 4.11 Å². The standard InChI is InChI=1S/C115H93BN4/c1-72-44-52-103-97(56-72)98-57-73(2)45-53-104(98)117(103)91-48-50-101-107(70-91)119(112-93(79-32-20-14-21-33-79)66-89(114(6,7)8)68-95(112)87-42-26-40-85(64-87)83-38-24-36-81(62-83)77-28-16-12-17-29-77)109-60-76(5)61-110-111(109)116(101)102-51-49-92(118-105-54-46-74(3)58-99(105)100-59-75(4)47-55-106(100)118)71-108(102)120(110)113-94(80-34-22-15-23-35-80)67-90(115(9,10)11)69-96(113)88-43-27-41-86(65-88)84-39-25-37-82(63-84)78-30-18-13-19-31-78/h12-71H,1-11H3/i5D3. The van der Waals surface area contributed by atoms with Crippen LogP contribution >= 0.6 is 0 Å². The topological polar surface area (TPSA) is 16.3 Å². The summed E-state index contributed by atoms with van der Waals surface area (Å²) >= 11 is 0. The van der Waals surface area contributed by atoms with Crippen LogP contribution in [-0.2, 0) is 10.8 Å². The molecular weight excluding hydrogens is 1450 g/mol. The lowest BCUT2D eigenvalue weighted by Gasteiger charge is -2.46. The highest BCUT2D eigenvalue weighted by Crippen LogP contribution is 2.56. The van der Waals surface area contributed by atoms with E-state index in [1.807, 2.05) is 0 Å². The maximum absolute atomic E-state index is 10.2. The lowest BCUT2D eigenvalue weighted by molar-refractivity contribution is 0.590. The Hall–Kier alpha value is -14.0. The van der Waals surface area contributed by atoms with Crippen molar-refractivity contribution in [3.8, 4) is 100 Å².